The van der Waals surface area contributed by atoms with Crippen LogP contribution in [0.3, 0.4) is 0 Å². The van der Waals surface area contributed by atoms with Gasteiger partial charge in [-0.3, -0.25) is 9.59 Å². The highest BCUT2D eigenvalue weighted by Crippen LogP contribution is 2.17. The van der Waals surface area contributed by atoms with E-state index in [2.05, 4.69) is 5.32 Å². The molecule has 1 fully saturated rings. The molecule has 0 saturated carbocycles. The highest BCUT2D eigenvalue weighted by atomic mass is 19.1. The summed E-state index contributed by atoms with van der Waals surface area (Å²) < 4.78 is 12.9. The van der Waals surface area contributed by atoms with Gasteiger partial charge < -0.3 is 10.2 Å². The number of amides is 2. The van der Waals surface area contributed by atoms with Gasteiger partial charge >= 0.3 is 0 Å². The van der Waals surface area contributed by atoms with Crippen LogP contribution in [0.15, 0.2) is 24.3 Å². The lowest BCUT2D eigenvalue weighted by atomic mass is 9.98. The van der Waals surface area contributed by atoms with E-state index in [1.807, 2.05) is 18.7 Å². The average molecular weight is 320 g/mol. The number of nitrogens with zero attached hydrogens (tertiary/aromatic N) is 1. The number of likely N-dealkylation sites (tertiary alicyclic amines) is 1. The molecule has 0 radical (unpaired) electrons. The minimum absolute atomic E-state index is 0.0679. The van der Waals surface area contributed by atoms with Gasteiger partial charge in [-0.2, -0.15) is 0 Å². The Hall–Kier alpha value is -1.91. The Morgan fingerprint density at radius 2 is 1.74 bits per heavy atom. The van der Waals surface area contributed by atoms with Crippen LogP contribution in [-0.4, -0.2) is 35.8 Å². The van der Waals surface area contributed by atoms with Gasteiger partial charge in [0.25, 0.3) is 5.91 Å². The molecule has 23 heavy (non-hydrogen) atoms. The number of rotatable bonds is 5. The fourth-order valence-corrected chi connectivity index (χ4v) is 3.01. The number of hydrogen-bond donors (Lipinski definition) is 1. The third kappa shape index (κ3) is 4.53. The van der Waals surface area contributed by atoms with Crippen molar-refractivity contribution < 1.29 is 14.0 Å². The summed E-state index contributed by atoms with van der Waals surface area (Å²) in [7, 11) is 0. The molecule has 5 heteroatoms. The molecular formula is C18H25FN2O2. The second kappa shape index (κ2) is 8.09. The van der Waals surface area contributed by atoms with Crippen LogP contribution in [0.5, 0.6) is 0 Å². The summed E-state index contributed by atoms with van der Waals surface area (Å²) >= 11 is 0. The Morgan fingerprint density at radius 1 is 1.17 bits per heavy atom. The number of nitrogens with one attached hydrogen (secondary N) is 1. The average Bonchev–Trinajstić information content (AvgIpc) is 2.57. The lowest BCUT2D eigenvalue weighted by Gasteiger charge is -2.34. The van der Waals surface area contributed by atoms with Crippen LogP contribution in [0.2, 0.25) is 0 Å². The van der Waals surface area contributed by atoms with E-state index in [-0.39, 0.29) is 29.6 Å². The van der Waals surface area contributed by atoms with Crippen LogP contribution < -0.4 is 5.32 Å². The first-order valence-electron chi connectivity index (χ1n) is 8.40. The van der Waals surface area contributed by atoms with Gasteiger partial charge in [0.1, 0.15) is 5.82 Å². The molecule has 2 rings (SSSR count). The first kappa shape index (κ1) is 17.4. The quantitative estimate of drug-likeness (QED) is 0.907. The molecule has 0 spiro atoms. The largest absolute Gasteiger partial charge is 0.349 e. The number of carbonyl (C=O) groups is 2. The molecule has 1 aromatic rings. The molecule has 4 nitrogen and oxygen atoms in total. The maximum absolute atomic E-state index is 12.9. The van der Waals surface area contributed by atoms with Gasteiger partial charge in [-0.15, -0.1) is 0 Å². The zero-order chi connectivity index (χ0) is 16.8. The van der Waals surface area contributed by atoms with E-state index in [4.69, 9.17) is 0 Å². The second-order valence-corrected chi connectivity index (χ2v) is 6.09. The summed E-state index contributed by atoms with van der Waals surface area (Å²) in [5, 5.41) is 2.97. The molecule has 1 aromatic carbocycles. The molecular weight excluding hydrogens is 295 g/mol. The fraction of sp³-hybridized carbons (Fsp3) is 0.556. The first-order valence-corrected chi connectivity index (χ1v) is 8.40. The van der Waals surface area contributed by atoms with Gasteiger partial charge in [-0.1, -0.05) is 13.8 Å². The van der Waals surface area contributed by atoms with E-state index < -0.39 is 0 Å². The molecule has 1 aliphatic heterocycles. The van der Waals surface area contributed by atoms with Crippen molar-refractivity contribution in [1.29, 1.82) is 0 Å². The molecule has 126 valence electrons. The Bertz CT molecular complexity index is 532. The second-order valence-electron chi connectivity index (χ2n) is 6.09. The standard InChI is InChI=1S/C18H25FN2O2/c1-3-13(4-2)18(23)21-11-9-16(10-12-21)20-17(22)14-5-7-15(19)8-6-14/h5-8,13,16H,3-4,9-12H2,1-2H3,(H,20,22). The predicted octanol–water partition coefficient (Wildman–Crippen LogP) is 2.98. The molecule has 0 aliphatic carbocycles. The summed E-state index contributed by atoms with van der Waals surface area (Å²) in [4.78, 5) is 26.4. The van der Waals surface area contributed by atoms with Crippen LogP contribution in [0, 0.1) is 11.7 Å². The van der Waals surface area contributed by atoms with Crippen molar-refractivity contribution in [1.82, 2.24) is 10.2 Å². The Labute approximate surface area is 137 Å². The topological polar surface area (TPSA) is 49.4 Å². The van der Waals surface area contributed by atoms with Crippen molar-refractivity contribution in [2.75, 3.05) is 13.1 Å². The molecule has 0 bridgehead atoms. The monoisotopic (exact) mass is 320 g/mol. The summed E-state index contributed by atoms with van der Waals surface area (Å²) in [5.41, 5.74) is 0.460. The summed E-state index contributed by atoms with van der Waals surface area (Å²) in [5.74, 6) is -0.191. The van der Waals surface area contributed by atoms with Crippen LogP contribution in [-0.2, 0) is 4.79 Å². The predicted molar refractivity (Wildman–Crippen MR) is 87.5 cm³/mol. The van der Waals surface area contributed by atoms with Gasteiger partial charge in [0.15, 0.2) is 0 Å². The Kier molecular flexibility index (Phi) is 6.13. The van der Waals surface area contributed by atoms with Gasteiger partial charge in [0.2, 0.25) is 5.91 Å². The van der Waals surface area contributed by atoms with Crippen LogP contribution in [0.25, 0.3) is 0 Å². The number of piperidine rings is 1. The minimum Gasteiger partial charge on any atom is -0.349 e. The van der Waals surface area contributed by atoms with Crippen molar-refractivity contribution in [2.45, 2.75) is 45.6 Å². The fourth-order valence-electron chi connectivity index (χ4n) is 3.01. The Balaban J connectivity index is 1.83. The van der Waals surface area contributed by atoms with E-state index in [0.29, 0.717) is 18.7 Å². The van der Waals surface area contributed by atoms with Gasteiger partial charge in [-0.05, 0) is 49.9 Å². The van der Waals surface area contributed by atoms with E-state index in [0.717, 1.165) is 25.7 Å². The highest BCUT2D eigenvalue weighted by Gasteiger charge is 2.27. The molecule has 1 heterocycles. The minimum atomic E-state index is -0.352. The normalized spacial score (nSPS) is 15.7. The number of carbonyl (C=O) groups excluding carboxylic acids is 2. The third-order valence-corrected chi connectivity index (χ3v) is 4.58. The molecule has 1 saturated heterocycles. The first-order chi connectivity index (χ1) is 11.0. The van der Waals surface area contributed by atoms with Gasteiger partial charge in [-0.25, -0.2) is 4.39 Å². The van der Waals surface area contributed by atoms with Gasteiger partial charge in [0.05, 0.1) is 0 Å². The zero-order valence-corrected chi connectivity index (χ0v) is 13.8. The summed E-state index contributed by atoms with van der Waals surface area (Å²) in [6.45, 7) is 5.46. The highest BCUT2D eigenvalue weighted by molar-refractivity contribution is 5.94. The molecule has 2 amide bonds. The summed E-state index contributed by atoms with van der Waals surface area (Å²) in [6.07, 6.45) is 3.27. The maximum atomic E-state index is 12.9. The number of halogens is 1. The van der Waals surface area contributed by atoms with Crippen molar-refractivity contribution in [3.8, 4) is 0 Å². The van der Waals surface area contributed by atoms with Crippen LogP contribution in [0.4, 0.5) is 4.39 Å². The van der Waals surface area contributed by atoms with Crippen LogP contribution >= 0.6 is 0 Å². The molecule has 1 N–H and O–H groups in total. The molecule has 1 aliphatic rings. The van der Waals surface area contributed by atoms with E-state index >= 15 is 0 Å². The van der Waals surface area contributed by atoms with Crippen molar-refractivity contribution in [3.05, 3.63) is 35.6 Å². The zero-order valence-electron chi connectivity index (χ0n) is 13.8. The number of hydrogen-bond acceptors (Lipinski definition) is 2. The summed E-state index contributed by atoms with van der Waals surface area (Å²) in [6, 6.07) is 5.60. The molecule has 0 aromatic heterocycles. The SMILES string of the molecule is CCC(CC)C(=O)N1CCC(NC(=O)c2ccc(F)cc2)CC1. The maximum Gasteiger partial charge on any atom is 0.251 e. The Morgan fingerprint density at radius 3 is 2.26 bits per heavy atom. The lowest BCUT2D eigenvalue weighted by molar-refractivity contribution is -0.136. The number of benzene rings is 1. The molecule has 0 atom stereocenters. The van der Waals surface area contributed by atoms with Gasteiger partial charge in [0, 0.05) is 30.6 Å². The smallest absolute Gasteiger partial charge is 0.251 e. The van der Waals surface area contributed by atoms with Crippen molar-refractivity contribution in [3.63, 3.8) is 0 Å². The van der Waals surface area contributed by atoms with Crippen molar-refractivity contribution >= 4 is 11.8 Å². The third-order valence-electron chi connectivity index (χ3n) is 4.58. The van der Waals surface area contributed by atoms with Crippen LogP contribution in [0.1, 0.15) is 49.9 Å². The van der Waals surface area contributed by atoms with E-state index in [1.54, 1.807) is 0 Å². The van der Waals surface area contributed by atoms with E-state index in [1.165, 1.54) is 24.3 Å². The van der Waals surface area contributed by atoms with Crippen molar-refractivity contribution in [2.24, 2.45) is 5.92 Å². The lowest BCUT2D eigenvalue weighted by Crippen LogP contribution is -2.48. The van der Waals surface area contributed by atoms with E-state index in [9.17, 15) is 14.0 Å². The molecule has 0 unspecified atom stereocenters.